The average Bonchev–Trinajstić information content (AvgIpc) is 2.61. The molecule has 70 valence electrons. The van der Waals surface area contributed by atoms with Gasteiger partial charge in [-0.1, -0.05) is 0 Å². The van der Waals surface area contributed by atoms with E-state index in [1.807, 2.05) is 4.90 Å². The smallest absolute Gasteiger partial charge is 0.346 e. The van der Waals surface area contributed by atoms with Crippen LogP contribution in [-0.4, -0.2) is 23.1 Å². The fourth-order valence-corrected chi connectivity index (χ4v) is 1.54. The van der Waals surface area contributed by atoms with E-state index < -0.39 is 11.5 Å². The molecule has 0 bridgehead atoms. The molecule has 1 aliphatic rings. The maximum absolute atomic E-state index is 13.1. The van der Waals surface area contributed by atoms with Gasteiger partial charge in [0, 0.05) is 13.1 Å². The molecule has 0 aromatic carbocycles. The fraction of sp³-hybridized carbons (Fsp3) is 0.500. The second-order valence-electron chi connectivity index (χ2n) is 3.08. The molecule has 1 N–H and O–H groups in total. The highest BCUT2D eigenvalue weighted by Gasteiger charge is 2.16. The molecule has 0 unspecified atom stereocenters. The first-order chi connectivity index (χ1) is 6.27. The lowest BCUT2D eigenvalue weighted by Crippen LogP contribution is -2.24. The fourth-order valence-electron chi connectivity index (χ4n) is 1.54. The molecule has 1 aliphatic heterocycles. The van der Waals surface area contributed by atoms with E-state index in [9.17, 15) is 9.18 Å². The molecule has 2 heterocycles. The van der Waals surface area contributed by atoms with E-state index in [1.165, 1.54) is 0 Å². The topological polar surface area (TPSA) is 49.0 Å². The van der Waals surface area contributed by atoms with Crippen molar-refractivity contribution in [2.45, 2.75) is 12.8 Å². The van der Waals surface area contributed by atoms with Crippen LogP contribution in [-0.2, 0) is 0 Å². The summed E-state index contributed by atoms with van der Waals surface area (Å²) in [5.41, 5.74) is -0.497. The third-order valence-corrected chi connectivity index (χ3v) is 2.17. The van der Waals surface area contributed by atoms with Gasteiger partial charge < -0.3 is 4.90 Å². The Morgan fingerprint density at radius 1 is 1.46 bits per heavy atom. The van der Waals surface area contributed by atoms with Crippen molar-refractivity contribution < 1.29 is 4.39 Å². The van der Waals surface area contributed by atoms with Crippen LogP contribution < -0.4 is 10.6 Å². The standard InChI is InChI=1S/C8H10FN3O/c9-6-5-10-8(13)11-7(6)12-3-1-2-4-12/h5H,1-4H2,(H,10,11,13). The molecular weight excluding hydrogens is 173 g/mol. The van der Waals surface area contributed by atoms with E-state index >= 15 is 0 Å². The quantitative estimate of drug-likeness (QED) is 0.690. The second kappa shape index (κ2) is 3.16. The van der Waals surface area contributed by atoms with Crippen molar-refractivity contribution in [3.8, 4) is 0 Å². The first-order valence-electron chi connectivity index (χ1n) is 4.27. The first-order valence-corrected chi connectivity index (χ1v) is 4.27. The van der Waals surface area contributed by atoms with Crippen molar-refractivity contribution in [3.05, 3.63) is 22.5 Å². The van der Waals surface area contributed by atoms with Gasteiger partial charge in [0.2, 0.25) is 0 Å². The van der Waals surface area contributed by atoms with Gasteiger partial charge in [-0.15, -0.1) is 0 Å². The Morgan fingerprint density at radius 3 is 2.85 bits per heavy atom. The van der Waals surface area contributed by atoms with Gasteiger partial charge in [-0.3, -0.25) is 4.98 Å². The van der Waals surface area contributed by atoms with E-state index in [-0.39, 0.29) is 5.82 Å². The zero-order valence-corrected chi connectivity index (χ0v) is 7.09. The maximum atomic E-state index is 13.1. The minimum atomic E-state index is -0.497. The summed E-state index contributed by atoms with van der Waals surface area (Å²) in [6.07, 6.45) is 3.06. The van der Waals surface area contributed by atoms with E-state index in [0.29, 0.717) is 0 Å². The van der Waals surface area contributed by atoms with Crippen molar-refractivity contribution in [2.24, 2.45) is 0 Å². The lowest BCUT2D eigenvalue weighted by atomic mass is 10.4. The van der Waals surface area contributed by atoms with Crippen molar-refractivity contribution in [1.82, 2.24) is 9.97 Å². The third-order valence-electron chi connectivity index (χ3n) is 2.17. The van der Waals surface area contributed by atoms with Crippen LogP contribution in [0.25, 0.3) is 0 Å². The number of hydrogen-bond donors (Lipinski definition) is 1. The monoisotopic (exact) mass is 183 g/mol. The molecule has 1 saturated heterocycles. The Labute approximate surface area is 74.4 Å². The molecule has 1 aromatic heterocycles. The predicted molar refractivity (Wildman–Crippen MR) is 46.3 cm³/mol. The van der Waals surface area contributed by atoms with Gasteiger partial charge in [-0.25, -0.2) is 9.18 Å². The van der Waals surface area contributed by atoms with Crippen LogP contribution in [0.4, 0.5) is 10.2 Å². The number of H-pyrrole nitrogens is 1. The van der Waals surface area contributed by atoms with E-state index in [4.69, 9.17) is 0 Å². The molecule has 2 rings (SSSR count). The summed E-state index contributed by atoms with van der Waals surface area (Å²) in [6, 6.07) is 0. The van der Waals surface area contributed by atoms with Crippen LogP contribution in [0.15, 0.2) is 11.0 Å². The Morgan fingerprint density at radius 2 is 2.15 bits per heavy atom. The largest absolute Gasteiger partial charge is 0.356 e. The molecule has 5 heteroatoms. The SMILES string of the molecule is O=c1ncc(F)c(N2CCCC2)[nH]1. The molecule has 4 nitrogen and oxygen atoms in total. The zero-order chi connectivity index (χ0) is 9.26. The summed E-state index contributed by atoms with van der Waals surface area (Å²) in [7, 11) is 0. The number of hydrogen-bond acceptors (Lipinski definition) is 3. The first kappa shape index (κ1) is 8.22. The van der Waals surface area contributed by atoms with Crippen molar-refractivity contribution >= 4 is 5.82 Å². The zero-order valence-electron chi connectivity index (χ0n) is 7.09. The van der Waals surface area contributed by atoms with Crippen molar-refractivity contribution in [3.63, 3.8) is 0 Å². The number of rotatable bonds is 1. The lowest BCUT2D eigenvalue weighted by Gasteiger charge is -2.16. The molecule has 1 fully saturated rings. The molecule has 0 aliphatic carbocycles. The molecular formula is C8H10FN3O. The predicted octanol–water partition coefficient (Wildman–Crippen LogP) is 0.509. The van der Waals surface area contributed by atoms with Crippen molar-refractivity contribution in [2.75, 3.05) is 18.0 Å². The minimum absolute atomic E-state index is 0.275. The molecule has 0 radical (unpaired) electrons. The van der Waals surface area contributed by atoms with Gasteiger partial charge in [-0.2, -0.15) is 4.98 Å². The highest BCUT2D eigenvalue weighted by Crippen LogP contribution is 2.18. The maximum Gasteiger partial charge on any atom is 0.346 e. The molecule has 1 aromatic rings. The summed E-state index contributed by atoms with van der Waals surface area (Å²) < 4.78 is 13.1. The average molecular weight is 183 g/mol. The third kappa shape index (κ3) is 1.54. The van der Waals surface area contributed by atoms with E-state index in [2.05, 4.69) is 9.97 Å². The highest BCUT2D eigenvalue weighted by molar-refractivity contribution is 5.38. The summed E-state index contributed by atoms with van der Waals surface area (Å²) in [6.45, 7) is 1.60. The molecule has 0 amide bonds. The minimum Gasteiger partial charge on any atom is -0.356 e. The Bertz CT molecular complexity index is 357. The van der Waals surface area contributed by atoms with Crippen LogP contribution in [0.1, 0.15) is 12.8 Å². The van der Waals surface area contributed by atoms with Gasteiger partial charge in [0.25, 0.3) is 0 Å². The number of anilines is 1. The molecule has 0 saturated carbocycles. The van der Waals surface area contributed by atoms with Gasteiger partial charge in [0.1, 0.15) is 5.82 Å². The van der Waals surface area contributed by atoms with Gasteiger partial charge in [0.15, 0.2) is 5.82 Å². The van der Waals surface area contributed by atoms with E-state index in [1.54, 1.807) is 0 Å². The van der Waals surface area contributed by atoms with Crippen molar-refractivity contribution in [1.29, 1.82) is 0 Å². The summed E-state index contributed by atoms with van der Waals surface area (Å²) in [5, 5.41) is 0. The lowest BCUT2D eigenvalue weighted by molar-refractivity contribution is 0.605. The molecule has 13 heavy (non-hydrogen) atoms. The molecule has 0 spiro atoms. The van der Waals surface area contributed by atoms with Gasteiger partial charge >= 0.3 is 5.69 Å². The Kier molecular flexibility index (Phi) is 2.00. The van der Waals surface area contributed by atoms with E-state index in [0.717, 1.165) is 32.1 Å². The number of nitrogens with zero attached hydrogens (tertiary/aromatic N) is 2. The molecule has 0 atom stereocenters. The van der Waals surface area contributed by atoms with Crippen LogP contribution >= 0.6 is 0 Å². The number of nitrogens with one attached hydrogen (secondary N) is 1. The van der Waals surface area contributed by atoms with Crippen LogP contribution in [0.2, 0.25) is 0 Å². The Balaban J connectivity index is 2.37. The number of halogens is 1. The second-order valence-corrected chi connectivity index (χ2v) is 3.08. The van der Waals surface area contributed by atoms with Gasteiger partial charge in [0.05, 0.1) is 6.20 Å². The normalized spacial score (nSPS) is 16.5. The van der Waals surface area contributed by atoms with Crippen LogP contribution in [0.5, 0.6) is 0 Å². The summed E-state index contributed by atoms with van der Waals surface area (Å²) in [4.78, 5) is 18.4. The number of aromatic amines is 1. The van der Waals surface area contributed by atoms with Crippen LogP contribution in [0, 0.1) is 5.82 Å². The summed E-state index contributed by atoms with van der Waals surface area (Å²) >= 11 is 0. The summed E-state index contributed by atoms with van der Waals surface area (Å²) in [5.74, 6) is -0.181. The number of aromatic nitrogens is 2. The Hall–Kier alpha value is -1.39. The van der Waals surface area contributed by atoms with Crippen LogP contribution in [0.3, 0.4) is 0 Å². The highest BCUT2D eigenvalue weighted by atomic mass is 19.1. The van der Waals surface area contributed by atoms with Gasteiger partial charge in [-0.05, 0) is 12.8 Å².